The van der Waals surface area contributed by atoms with Crippen LogP contribution in [0, 0.1) is 5.92 Å². The zero-order valence-electron chi connectivity index (χ0n) is 11.7. The molecule has 0 saturated carbocycles. The summed E-state index contributed by atoms with van der Waals surface area (Å²) in [4.78, 5) is 2.29. The van der Waals surface area contributed by atoms with E-state index in [0.717, 1.165) is 25.9 Å². The number of aliphatic hydroxyl groups is 1. The molecule has 1 heterocycles. The second-order valence-electron chi connectivity index (χ2n) is 5.10. The van der Waals surface area contributed by atoms with E-state index in [-0.39, 0.29) is 0 Å². The Morgan fingerprint density at radius 2 is 2.22 bits per heavy atom. The van der Waals surface area contributed by atoms with Gasteiger partial charge in [-0.3, -0.25) is 0 Å². The molecule has 3 N–H and O–H groups in total. The van der Waals surface area contributed by atoms with Crippen LogP contribution in [0.1, 0.15) is 19.8 Å². The molecule has 0 aromatic heterocycles. The van der Waals surface area contributed by atoms with Gasteiger partial charge in [-0.15, -0.1) is 0 Å². The van der Waals surface area contributed by atoms with Gasteiger partial charge in [0.1, 0.15) is 0 Å². The lowest BCUT2D eigenvalue weighted by atomic mass is 9.90. The molecule has 18 heavy (non-hydrogen) atoms. The van der Waals surface area contributed by atoms with Crippen LogP contribution in [0.2, 0.25) is 0 Å². The first-order valence-corrected chi connectivity index (χ1v) is 6.90. The van der Waals surface area contributed by atoms with Crippen LogP contribution in [0.5, 0.6) is 0 Å². The molecule has 0 aromatic carbocycles. The molecular weight excluding hydrogens is 232 g/mol. The average Bonchev–Trinajstić information content (AvgIpc) is 2.37. The van der Waals surface area contributed by atoms with Crippen LogP contribution in [0.25, 0.3) is 0 Å². The van der Waals surface area contributed by atoms with E-state index in [9.17, 15) is 5.11 Å². The van der Waals surface area contributed by atoms with Gasteiger partial charge in [0.15, 0.2) is 0 Å². The van der Waals surface area contributed by atoms with E-state index in [1.165, 1.54) is 0 Å². The Balaban J connectivity index is 2.17. The lowest BCUT2D eigenvalue weighted by molar-refractivity contribution is -0.00707. The molecule has 0 aliphatic carbocycles. The Morgan fingerprint density at radius 3 is 2.89 bits per heavy atom. The smallest absolute Gasteiger partial charge is 0.0900 e. The van der Waals surface area contributed by atoms with Gasteiger partial charge in [0.2, 0.25) is 0 Å². The average molecular weight is 260 g/mol. The highest BCUT2D eigenvalue weighted by Crippen LogP contribution is 2.18. The third kappa shape index (κ3) is 5.63. The summed E-state index contributed by atoms with van der Waals surface area (Å²) >= 11 is 0. The number of hydrogen-bond donors (Lipinski definition) is 2. The summed E-state index contributed by atoms with van der Waals surface area (Å²) < 4.78 is 10.2. The van der Waals surface area contributed by atoms with Crippen molar-refractivity contribution in [1.29, 1.82) is 0 Å². The van der Waals surface area contributed by atoms with Crippen LogP contribution in [-0.2, 0) is 9.47 Å². The van der Waals surface area contributed by atoms with Crippen molar-refractivity contribution in [1.82, 2.24) is 4.90 Å². The van der Waals surface area contributed by atoms with Crippen molar-refractivity contribution in [2.45, 2.75) is 31.9 Å². The lowest BCUT2D eigenvalue weighted by Crippen LogP contribution is -2.49. The fourth-order valence-corrected chi connectivity index (χ4v) is 2.44. The number of ether oxygens (including phenoxy) is 2. The van der Waals surface area contributed by atoms with Crippen LogP contribution in [-0.4, -0.2) is 68.7 Å². The van der Waals surface area contributed by atoms with Gasteiger partial charge in [0, 0.05) is 26.2 Å². The predicted molar refractivity (Wildman–Crippen MR) is 71.5 cm³/mol. The molecule has 3 unspecified atom stereocenters. The number of aliphatic hydroxyl groups excluding tert-OH is 1. The quantitative estimate of drug-likeness (QED) is 0.605. The Hall–Kier alpha value is -0.200. The number of rotatable bonds is 8. The van der Waals surface area contributed by atoms with Gasteiger partial charge in [-0.2, -0.15) is 0 Å². The van der Waals surface area contributed by atoms with Gasteiger partial charge in [0.25, 0.3) is 0 Å². The van der Waals surface area contributed by atoms with Crippen molar-refractivity contribution in [3.05, 3.63) is 0 Å². The van der Waals surface area contributed by atoms with Crippen molar-refractivity contribution in [2.75, 3.05) is 46.6 Å². The number of likely N-dealkylation sites (tertiary alicyclic amines) is 1. The summed E-state index contributed by atoms with van der Waals surface area (Å²) in [5.74, 6) is 0.556. The third-order valence-electron chi connectivity index (χ3n) is 3.61. The van der Waals surface area contributed by atoms with Crippen LogP contribution in [0.4, 0.5) is 0 Å². The molecular formula is C13H28N2O3. The molecule has 0 amide bonds. The van der Waals surface area contributed by atoms with Gasteiger partial charge < -0.3 is 25.2 Å². The summed E-state index contributed by atoms with van der Waals surface area (Å²) in [6, 6.07) is 0.321. The standard InChI is InChI=1S/C13H28N2O3/c1-3-11-8-15(5-4-13(11)14)9-12(16)10-18-7-6-17-2/h11-13,16H,3-10,14H2,1-2H3. The van der Waals surface area contributed by atoms with Crippen LogP contribution < -0.4 is 5.73 Å². The van der Waals surface area contributed by atoms with E-state index in [0.29, 0.717) is 38.3 Å². The fraction of sp³-hybridized carbons (Fsp3) is 1.00. The molecule has 0 bridgehead atoms. The molecule has 0 spiro atoms. The van der Waals surface area contributed by atoms with Crippen molar-refractivity contribution in [3.8, 4) is 0 Å². The van der Waals surface area contributed by atoms with Gasteiger partial charge in [-0.1, -0.05) is 13.3 Å². The number of hydrogen-bond acceptors (Lipinski definition) is 5. The highest BCUT2D eigenvalue weighted by Gasteiger charge is 2.26. The molecule has 5 nitrogen and oxygen atoms in total. The van der Waals surface area contributed by atoms with Crippen molar-refractivity contribution in [2.24, 2.45) is 11.7 Å². The molecule has 1 aliphatic rings. The largest absolute Gasteiger partial charge is 0.389 e. The van der Waals surface area contributed by atoms with Crippen molar-refractivity contribution < 1.29 is 14.6 Å². The first-order chi connectivity index (χ1) is 8.67. The van der Waals surface area contributed by atoms with Gasteiger partial charge in [-0.25, -0.2) is 0 Å². The molecule has 0 aromatic rings. The number of nitrogens with two attached hydrogens (primary N) is 1. The van der Waals surface area contributed by atoms with Crippen LogP contribution in [0.15, 0.2) is 0 Å². The maximum absolute atomic E-state index is 9.89. The molecule has 1 fully saturated rings. The van der Waals surface area contributed by atoms with Crippen molar-refractivity contribution in [3.63, 3.8) is 0 Å². The molecule has 1 aliphatic heterocycles. The highest BCUT2D eigenvalue weighted by atomic mass is 16.5. The van der Waals surface area contributed by atoms with Crippen molar-refractivity contribution >= 4 is 0 Å². The zero-order chi connectivity index (χ0) is 13.4. The Bertz CT molecular complexity index is 216. The highest BCUT2D eigenvalue weighted by molar-refractivity contribution is 4.82. The third-order valence-corrected chi connectivity index (χ3v) is 3.61. The minimum absolute atomic E-state index is 0.321. The number of β-amino-alcohol motifs (C(OH)–C–C–N with tert-alkyl or cyclic N) is 1. The molecule has 1 rings (SSSR count). The van der Waals surface area contributed by atoms with Gasteiger partial charge in [-0.05, 0) is 18.9 Å². The van der Waals surface area contributed by atoms with Gasteiger partial charge >= 0.3 is 0 Å². The zero-order valence-corrected chi connectivity index (χ0v) is 11.7. The van der Waals surface area contributed by atoms with Crippen LogP contribution in [0.3, 0.4) is 0 Å². The molecule has 108 valence electrons. The second-order valence-corrected chi connectivity index (χ2v) is 5.10. The Kier molecular flexibility index (Phi) is 7.77. The molecule has 1 saturated heterocycles. The maximum atomic E-state index is 9.89. The first kappa shape index (κ1) is 15.9. The Labute approximate surface area is 110 Å². The number of nitrogens with zero attached hydrogens (tertiary/aromatic N) is 1. The maximum Gasteiger partial charge on any atom is 0.0900 e. The van der Waals surface area contributed by atoms with Gasteiger partial charge in [0.05, 0.1) is 25.9 Å². The van der Waals surface area contributed by atoms with E-state index in [2.05, 4.69) is 11.8 Å². The minimum Gasteiger partial charge on any atom is -0.389 e. The fourth-order valence-electron chi connectivity index (χ4n) is 2.44. The normalized spacial score (nSPS) is 27.3. The van der Waals surface area contributed by atoms with E-state index in [1.807, 2.05) is 0 Å². The summed E-state index contributed by atoms with van der Waals surface area (Å²) in [6.07, 6.45) is 1.71. The number of piperidine rings is 1. The van der Waals surface area contributed by atoms with E-state index < -0.39 is 6.10 Å². The van der Waals surface area contributed by atoms with E-state index in [4.69, 9.17) is 15.2 Å². The summed E-state index contributed by atoms with van der Waals surface area (Å²) in [5, 5.41) is 9.89. The Morgan fingerprint density at radius 1 is 1.44 bits per heavy atom. The van der Waals surface area contributed by atoms with E-state index >= 15 is 0 Å². The summed E-state index contributed by atoms with van der Waals surface area (Å²) in [7, 11) is 1.64. The molecule has 5 heteroatoms. The topological polar surface area (TPSA) is 68.0 Å². The summed E-state index contributed by atoms with van der Waals surface area (Å²) in [5.41, 5.74) is 6.07. The minimum atomic E-state index is -0.423. The molecule has 3 atom stereocenters. The first-order valence-electron chi connectivity index (χ1n) is 6.90. The lowest BCUT2D eigenvalue weighted by Gasteiger charge is -2.37. The van der Waals surface area contributed by atoms with E-state index in [1.54, 1.807) is 7.11 Å². The SMILES string of the molecule is CCC1CN(CC(O)COCCOC)CCC1N. The molecule has 0 radical (unpaired) electrons. The predicted octanol–water partition coefficient (Wildman–Crippen LogP) is 0.0695. The second kappa shape index (κ2) is 8.82. The summed E-state index contributed by atoms with van der Waals surface area (Å²) in [6.45, 7) is 6.32. The van der Waals surface area contributed by atoms with Crippen LogP contribution >= 0.6 is 0 Å². The number of methoxy groups -OCH3 is 1. The monoisotopic (exact) mass is 260 g/mol.